The highest BCUT2D eigenvalue weighted by atomic mass is 32.1. The second-order valence-electron chi connectivity index (χ2n) is 8.62. The van der Waals surface area contributed by atoms with Crippen LogP contribution in [0.2, 0.25) is 0 Å². The first-order valence-corrected chi connectivity index (χ1v) is 13.4. The van der Waals surface area contributed by atoms with Gasteiger partial charge in [-0.15, -0.1) is 11.3 Å². The average Bonchev–Trinajstić information content (AvgIpc) is 3.69. The molecule has 1 fully saturated rings. The Balaban J connectivity index is 1.21. The van der Waals surface area contributed by atoms with Gasteiger partial charge in [0, 0.05) is 56.8 Å². The third kappa shape index (κ3) is 4.58. The van der Waals surface area contributed by atoms with Crippen LogP contribution in [0.5, 0.6) is 16.6 Å². The molecule has 1 saturated heterocycles. The van der Waals surface area contributed by atoms with Crippen LogP contribution in [0.3, 0.4) is 0 Å². The number of furan rings is 1. The Morgan fingerprint density at radius 3 is 2.65 bits per heavy atom. The Hall–Kier alpha value is -3.77. The number of thiazole rings is 2. The molecular weight excluding hydrogens is 514 g/mol. The number of carbonyl (C=O) groups is 1. The van der Waals surface area contributed by atoms with Crippen LogP contribution >= 0.6 is 22.7 Å². The van der Waals surface area contributed by atoms with Gasteiger partial charge in [0.1, 0.15) is 29.4 Å². The third-order valence-corrected chi connectivity index (χ3v) is 8.22. The number of ether oxygens (including phenoxy) is 3. The number of anilines is 1. The van der Waals surface area contributed by atoms with Gasteiger partial charge in [-0.05, 0) is 6.07 Å². The van der Waals surface area contributed by atoms with Crippen LogP contribution in [0.25, 0.3) is 27.4 Å². The molecule has 0 atom stereocenters. The second kappa shape index (κ2) is 9.60. The molecule has 5 aromatic rings. The first kappa shape index (κ1) is 23.6. The predicted molar refractivity (Wildman–Crippen MR) is 142 cm³/mol. The quantitative estimate of drug-likeness (QED) is 0.298. The summed E-state index contributed by atoms with van der Waals surface area (Å²) in [7, 11) is 3.26. The van der Waals surface area contributed by atoms with Crippen molar-refractivity contribution >= 4 is 49.6 Å². The van der Waals surface area contributed by atoms with Crippen LogP contribution in [0.15, 0.2) is 40.4 Å². The van der Waals surface area contributed by atoms with Gasteiger partial charge in [0.2, 0.25) is 5.91 Å². The van der Waals surface area contributed by atoms with Crippen LogP contribution < -0.4 is 19.1 Å². The number of hydrogen-bond donors (Lipinski definition) is 0. The zero-order valence-corrected chi connectivity index (χ0v) is 22.2. The van der Waals surface area contributed by atoms with Crippen LogP contribution in [0.1, 0.15) is 12.6 Å². The zero-order valence-electron chi connectivity index (χ0n) is 20.6. The van der Waals surface area contributed by atoms with Crippen molar-refractivity contribution in [3.05, 3.63) is 41.7 Å². The zero-order chi connectivity index (χ0) is 25.5. The van der Waals surface area contributed by atoms with E-state index in [1.54, 1.807) is 32.5 Å². The van der Waals surface area contributed by atoms with Gasteiger partial charge in [-0.1, -0.05) is 11.3 Å². The number of benzene rings is 1. The second-order valence-corrected chi connectivity index (χ2v) is 10.4. The molecule has 1 aromatic carbocycles. The monoisotopic (exact) mass is 539 g/mol. The van der Waals surface area contributed by atoms with E-state index in [1.165, 1.54) is 11.3 Å². The van der Waals surface area contributed by atoms with Crippen molar-refractivity contribution in [3.8, 4) is 28.0 Å². The molecule has 1 amide bonds. The maximum Gasteiger partial charge on any atom is 0.219 e. The molecular formula is C25H25N5O5S2. The van der Waals surface area contributed by atoms with Gasteiger partial charge >= 0.3 is 0 Å². The summed E-state index contributed by atoms with van der Waals surface area (Å²) in [6.45, 7) is 4.91. The van der Waals surface area contributed by atoms with Crippen molar-refractivity contribution in [2.75, 3.05) is 45.3 Å². The molecule has 10 nitrogen and oxygen atoms in total. The van der Waals surface area contributed by atoms with Gasteiger partial charge in [-0.2, -0.15) is 0 Å². The smallest absolute Gasteiger partial charge is 0.219 e. The third-order valence-electron chi connectivity index (χ3n) is 6.31. The van der Waals surface area contributed by atoms with Crippen LogP contribution in [-0.2, 0) is 11.4 Å². The number of amides is 1. The van der Waals surface area contributed by atoms with E-state index >= 15 is 0 Å². The lowest BCUT2D eigenvalue weighted by molar-refractivity contribution is -0.129. The van der Waals surface area contributed by atoms with E-state index in [1.807, 2.05) is 45.3 Å². The predicted octanol–water partition coefficient (Wildman–Crippen LogP) is 4.53. The van der Waals surface area contributed by atoms with Crippen LogP contribution in [-0.4, -0.2) is 65.6 Å². The van der Waals surface area contributed by atoms with Crippen molar-refractivity contribution in [2.24, 2.45) is 0 Å². The van der Waals surface area contributed by atoms with E-state index in [9.17, 15) is 4.79 Å². The Morgan fingerprint density at radius 2 is 1.92 bits per heavy atom. The van der Waals surface area contributed by atoms with E-state index in [4.69, 9.17) is 23.6 Å². The summed E-state index contributed by atoms with van der Waals surface area (Å²) in [5.74, 6) is 2.05. The van der Waals surface area contributed by atoms with E-state index in [-0.39, 0.29) is 5.91 Å². The van der Waals surface area contributed by atoms with Gasteiger partial charge in [0.05, 0.1) is 31.5 Å². The summed E-state index contributed by atoms with van der Waals surface area (Å²) in [5, 5.41) is 4.58. The summed E-state index contributed by atoms with van der Waals surface area (Å²) in [4.78, 5) is 25.9. The molecule has 0 unspecified atom stereocenters. The molecule has 4 aromatic heterocycles. The van der Waals surface area contributed by atoms with E-state index < -0.39 is 0 Å². The summed E-state index contributed by atoms with van der Waals surface area (Å²) >= 11 is 3.05. The number of aromatic nitrogens is 3. The fourth-order valence-electron chi connectivity index (χ4n) is 4.31. The average molecular weight is 540 g/mol. The number of imidazole rings is 1. The molecule has 0 aliphatic carbocycles. The number of carbonyl (C=O) groups excluding carboxylic acids is 1. The lowest BCUT2D eigenvalue weighted by Gasteiger charge is -2.33. The first-order chi connectivity index (χ1) is 18.0. The Bertz CT molecular complexity index is 1550. The van der Waals surface area contributed by atoms with E-state index in [0.717, 1.165) is 45.0 Å². The van der Waals surface area contributed by atoms with Gasteiger partial charge in [-0.25, -0.2) is 9.97 Å². The maximum atomic E-state index is 11.6. The molecule has 5 heterocycles. The molecule has 37 heavy (non-hydrogen) atoms. The molecule has 6 rings (SSSR count). The number of fused-ring (bicyclic) bond motifs is 2. The SMILES string of the molecule is COc1cc(OCc2csc(N3CCN(C(C)=O)CC3)n2)c2cc(-c3cn4cc(OC)sc4n3)oc2c1. The summed E-state index contributed by atoms with van der Waals surface area (Å²) in [5.41, 5.74) is 2.22. The Morgan fingerprint density at radius 1 is 1.08 bits per heavy atom. The summed E-state index contributed by atoms with van der Waals surface area (Å²) in [6, 6.07) is 5.63. The number of piperazine rings is 1. The van der Waals surface area contributed by atoms with Crippen molar-refractivity contribution < 1.29 is 23.4 Å². The van der Waals surface area contributed by atoms with Crippen molar-refractivity contribution in [2.45, 2.75) is 13.5 Å². The lowest BCUT2D eigenvalue weighted by atomic mass is 10.2. The molecule has 0 spiro atoms. The summed E-state index contributed by atoms with van der Waals surface area (Å²) in [6.07, 6.45) is 3.80. The fourth-order valence-corrected chi connectivity index (χ4v) is 5.95. The van der Waals surface area contributed by atoms with Crippen molar-refractivity contribution in [3.63, 3.8) is 0 Å². The molecule has 192 valence electrons. The number of rotatable bonds is 7. The highest BCUT2D eigenvalue weighted by molar-refractivity contribution is 7.18. The van der Waals surface area contributed by atoms with Crippen LogP contribution in [0, 0.1) is 0 Å². The van der Waals surface area contributed by atoms with Gasteiger partial charge < -0.3 is 28.4 Å². The van der Waals surface area contributed by atoms with E-state index in [0.29, 0.717) is 42.5 Å². The maximum absolute atomic E-state index is 11.6. The van der Waals surface area contributed by atoms with Crippen molar-refractivity contribution in [1.82, 2.24) is 19.3 Å². The number of nitrogens with zero attached hydrogens (tertiary/aromatic N) is 5. The lowest BCUT2D eigenvalue weighted by Crippen LogP contribution is -2.48. The molecule has 0 radical (unpaired) electrons. The van der Waals surface area contributed by atoms with Crippen molar-refractivity contribution in [1.29, 1.82) is 0 Å². The van der Waals surface area contributed by atoms with Gasteiger partial charge in [-0.3, -0.25) is 9.20 Å². The normalized spacial score (nSPS) is 14.0. The fraction of sp³-hybridized carbons (Fsp3) is 0.320. The molecule has 1 aliphatic heterocycles. The Labute approximate surface area is 220 Å². The number of hydrogen-bond acceptors (Lipinski definition) is 10. The van der Waals surface area contributed by atoms with E-state index in [2.05, 4.69) is 9.88 Å². The highest BCUT2D eigenvalue weighted by Gasteiger charge is 2.21. The van der Waals surface area contributed by atoms with Crippen LogP contribution in [0.4, 0.5) is 5.13 Å². The first-order valence-electron chi connectivity index (χ1n) is 11.7. The summed E-state index contributed by atoms with van der Waals surface area (Å²) < 4.78 is 25.0. The van der Waals surface area contributed by atoms with Gasteiger partial charge in [0.15, 0.2) is 20.9 Å². The van der Waals surface area contributed by atoms with Gasteiger partial charge in [0.25, 0.3) is 0 Å². The largest absolute Gasteiger partial charge is 0.496 e. The molecule has 0 saturated carbocycles. The highest BCUT2D eigenvalue weighted by Crippen LogP contribution is 2.38. The number of methoxy groups -OCH3 is 2. The minimum absolute atomic E-state index is 0.118. The molecule has 1 aliphatic rings. The Kier molecular flexibility index (Phi) is 6.13. The topological polar surface area (TPSA) is 94.6 Å². The molecule has 0 N–H and O–H groups in total. The standard InChI is InChI=1S/C25H25N5O5S2/c1-15(31)28-4-6-29(7-5-28)24-26-16(14-36-24)13-34-20-8-17(32-2)9-21-18(20)10-22(35-21)19-11-30-12-23(33-3)37-25(30)27-19/h8-12,14H,4-7,13H2,1-3H3. The molecule has 12 heteroatoms. The minimum Gasteiger partial charge on any atom is -0.496 e. The minimum atomic E-state index is 0.118. The molecule has 0 bridgehead atoms.